The molecule has 3 aliphatic heterocycles. The Morgan fingerprint density at radius 1 is 1.07 bits per heavy atom. The number of hydrogen-bond donors (Lipinski definition) is 0. The number of methoxy groups -OCH3 is 1. The Bertz CT molecular complexity index is 1750. The van der Waals surface area contributed by atoms with Gasteiger partial charge in [-0.15, -0.1) is 11.8 Å². The first kappa shape index (κ1) is 29.6. The number of ether oxygens (including phenoxy) is 4. The van der Waals surface area contributed by atoms with E-state index in [2.05, 4.69) is 4.74 Å². The predicted molar refractivity (Wildman–Crippen MR) is 152 cm³/mol. The molecule has 44 heavy (non-hydrogen) atoms. The quantitative estimate of drug-likeness (QED) is 0.396. The van der Waals surface area contributed by atoms with E-state index in [4.69, 9.17) is 14.2 Å². The first-order valence-corrected chi connectivity index (χ1v) is 14.6. The van der Waals surface area contributed by atoms with Crippen molar-refractivity contribution in [2.45, 2.75) is 42.3 Å². The largest absolute Gasteiger partial charge is 0.515 e. The second kappa shape index (κ2) is 11.2. The fraction of sp³-hybridized carbons (Fsp3) is 0.333. The molecule has 0 radical (unpaired) electrons. The van der Waals surface area contributed by atoms with Crippen LogP contribution in [0.5, 0.6) is 5.75 Å². The third-order valence-corrected chi connectivity index (χ3v) is 8.85. The summed E-state index contributed by atoms with van der Waals surface area (Å²) in [4.78, 5) is 54.4. The van der Waals surface area contributed by atoms with Gasteiger partial charge in [0.15, 0.2) is 17.3 Å². The van der Waals surface area contributed by atoms with Crippen LogP contribution in [-0.4, -0.2) is 66.2 Å². The lowest BCUT2D eigenvalue weighted by Gasteiger charge is -2.51. The molecule has 0 unspecified atom stereocenters. The summed E-state index contributed by atoms with van der Waals surface area (Å²) in [6.45, 7) is 2.95. The zero-order valence-corrected chi connectivity index (χ0v) is 24.7. The van der Waals surface area contributed by atoms with Gasteiger partial charge in [0.2, 0.25) is 16.8 Å². The summed E-state index contributed by atoms with van der Waals surface area (Å²) in [6, 6.07) is 10.3. The summed E-state index contributed by atoms with van der Waals surface area (Å²) in [5.74, 6) is -3.93. The van der Waals surface area contributed by atoms with Crippen LogP contribution in [0.4, 0.5) is 13.6 Å². The summed E-state index contributed by atoms with van der Waals surface area (Å²) in [6.07, 6.45) is -0.793. The highest BCUT2D eigenvalue weighted by atomic mass is 32.2. The number of hydrogen-bond acceptors (Lipinski definition) is 10. The Morgan fingerprint density at radius 2 is 1.84 bits per heavy atom. The molecule has 0 spiro atoms. The van der Waals surface area contributed by atoms with Crippen molar-refractivity contribution in [3.05, 3.63) is 92.9 Å². The molecule has 230 valence electrons. The SMILES string of the molecule is COC(=O)C(C)(C)OC(=O)Oc1c2n(ccc1=O)N([C@@H]1c3ccccc3SCc3c1ccc(F)c3F)[C@@H]1COCCN1C2=O. The van der Waals surface area contributed by atoms with Crippen molar-refractivity contribution in [3.8, 4) is 5.75 Å². The van der Waals surface area contributed by atoms with E-state index < -0.39 is 58.7 Å². The molecule has 0 bridgehead atoms. The maximum atomic E-state index is 15.3. The van der Waals surface area contributed by atoms with E-state index >= 15 is 4.39 Å². The molecular formula is C30H27F2N3O8S. The number of pyridine rings is 1. The molecule has 1 fully saturated rings. The smallest absolute Gasteiger partial charge is 0.466 e. The first-order valence-electron chi connectivity index (χ1n) is 13.6. The maximum absolute atomic E-state index is 15.3. The predicted octanol–water partition coefficient (Wildman–Crippen LogP) is 3.74. The van der Waals surface area contributed by atoms with Gasteiger partial charge >= 0.3 is 12.1 Å². The van der Waals surface area contributed by atoms with Crippen LogP contribution in [0.3, 0.4) is 0 Å². The lowest BCUT2D eigenvalue weighted by molar-refractivity contribution is -0.160. The number of morpholine rings is 1. The van der Waals surface area contributed by atoms with Crippen LogP contribution in [0.2, 0.25) is 0 Å². The first-order chi connectivity index (χ1) is 21.0. The number of carbonyl (C=O) groups is 3. The van der Waals surface area contributed by atoms with E-state index in [-0.39, 0.29) is 36.8 Å². The molecule has 0 saturated carbocycles. The van der Waals surface area contributed by atoms with Gasteiger partial charge in [0, 0.05) is 35.0 Å². The fourth-order valence-corrected chi connectivity index (χ4v) is 6.78. The summed E-state index contributed by atoms with van der Waals surface area (Å²) < 4.78 is 52.1. The van der Waals surface area contributed by atoms with Crippen LogP contribution in [0.25, 0.3) is 0 Å². The molecule has 6 rings (SSSR count). The Kier molecular flexibility index (Phi) is 7.58. The Balaban J connectivity index is 1.55. The van der Waals surface area contributed by atoms with E-state index in [1.165, 1.54) is 47.4 Å². The van der Waals surface area contributed by atoms with E-state index in [0.29, 0.717) is 5.56 Å². The minimum atomic E-state index is -1.76. The number of benzene rings is 2. The number of esters is 1. The average molecular weight is 628 g/mol. The zero-order valence-electron chi connectivity index (χ0n) is 23.9. The molecule has 1 aromatic heterocycles. The summed E-state index contributed by atoms with van der Waals surface area (Å²) >= 11 is 1.35. The zero-order chi connectivity index (χ0) is 31.3. The monoisotopic (exact) mass is 627 g/mol. The number of thioether (sulfide) groups is 1. The van der Waals surface area contributed by atoms with Gasteiger partial charge in [-0.2, -0.15) is 0 Å². The molecule has 0 aliphatic carbocycles. The standard InChI is InChI=1S/C30H27F2N3O8S/c1-30(2,28(38)40-3)43-29(39)42-26-20(36)10-11-34-25(26)27(37)33-12-13-41-14-22(33)35(34)24-16-8-9-19(31)23(32)18(16)15-44-21-7-5-4-6-17(21)24/h4-11,22,24H,12-15H2,1-3H3/t22-,24+/m1/s1. The summed E-state index contributed by atoms with van der Waals surface area (Å²) in [7, 11) is 1.12. The molecule has 1 saturated heterocycles. The van der Waals surface area contributed by atoms with Gasteiger partial charge < -0.3 is 23.8 Å². The summed E-state index contributed by atoms with van der Waals surface area (Å²) in [5, 5.41) is 1.74. The molecule has 3 aliphatic rings. The van der Waals surface area contributed by atoms with E-state index in [9.17, 15) is 23.6 Å². The number of aromatic nitrogens is 1. The summed E-state index contributed by atoms with van der Waals surface area (Å²) in [5.41, 5.74) is -1.49. The lowest BCUT2D eigenvalue weighted by Crippen LogP contribution is -2.66. The average Bonchev–Trinajstić information content (AvgIpc) is 3.17. The highest BCUT2D eigenvalue weighted by Crippen LogP contribution is 2.45. The number of rotatable bonds is 4. The number of nitrogens with zero attached hydrogens (tertiary/aromatic N) is 3. The molecule has 14 heteroatoms. The van der Waals surface area contributed by atoms with Gasteiger partial charge in [-0.3, -0.25) is 19.3 Å². The van der Waals surface area contributed by atoms with Crippen molar-refractivity contribution in [1.82, 2.24) is 9.58 Å². The Morgan fingerprint density at radius 3 is 2.61 bits per heavy atom. The topological polar surface area (TPSA) is 117 Å². The van der Waals surface area contributed by atoms with Crippen LogP contribution < -0.4 is 15.2 Å². The number of carbonyl (C=O) groups excluding carboxylic acids is 3. The maximum Gasteiger partial charge on any atom is 0.515 e. The van der Waals surface area contributed by atoms with Crippen molar-refractivity contribution in [2.75, 3.05) is 31.9 Å². The van der Waals surface area contributed by atoms with Crippen molar-refractivity contribution < 1.29 is 42.1 Å². The van der Waals surface area contributed by atoms with Crippen molar-refractivity contribution in [3.63, 3.8) is 0 Å². The van der Waals surface area contributed by atoms with Crippen LogP contribution >= 0.6 is 11.8 Å². The van der Waals surface area contributed by atoms with E-state index in [0.717, 1.165) is 29.7 Å². The fourth-order valence-electron chi connectivity index (χ4n) is 5.67. The number of amides is 1. The van der Waals surface area contributed by atoms with Crippen LogP contribution in [-0.2, 0) is 24.8 Å². The highest BCUT2D eigenvalue weighted by molar-refractivity contribution is 7.98. The van der Waals surface area contributed by atoms with Gasteiger partial charge in [0.1, 0.15) is 6.17 Å². The Labute approximate surface area is 254 Å². The lowest BCUT2D eigenvalue weighted by atomic mass is 9.93. The van der Waals surface area contributed by atoms with Crippen LogP contribution in [0.1, 0.15) is 47.1 Å². The molecule has 4 heterocycles. The third kappa shape index (κ3) is 4.87. The minimum absolute atomic E-state index is 0.0632. The third-order valence-electron chi connectivity index (χ3n) is 7.73. The van der Waals surface area contributed by atoms with Gasteiger partial charge in [0.05, 0.1) is 26.4 Å². The van der Waals surface area contributed by atoms with E-state index in [1.54, 1.807) is 5.01 Å². The Hall–Kier alpha value is -4.43. The second-order valence-corrected chi connectivity index (χ2v) is 11.8. The molecule has 2 aromatic carbocycles. The van der Waals surface area contributed by atoms with Gasteiger partial charge in [-0.05, 0) is 37.1 Å². The van der Waals surface area contributed by atoms with Crippen molar-refractivity contribution in [2.24, 2.45) is 0 Å². The van der Waals surface area contributed by atoms with Crippen molar-refractivity contribution >= 4 is 29.8 Å². The molecule has 0 N–H and O–H groups in total. The molecule has 11 nitrogen and oxygen atoms in total. The molecule has 1 amide bonds. The molecule has 2 atom stereocenters. The molecule has 3 aromatic rings. The normalized spacial score (nSPS) is 19.2. The van der Waals surface area contributed by atoms with Crippen LogP contribution in [0, 0.1) is 11.6 Å². The van der Waals surface area contributed by atoms with Gasteiger partial charge in [-0.25, -0.2) is 18.4 Å². The highest BCUT2D eigenvalue weighted by Gasteiger charge is 2.47. The number of fused-ring (bicyclic) bond motifs is 4. The minimum Gasteiger partial charge on any atom is -0.466 e. The molecular weight excluding hydrogens is 600 g/mol. The van der Waals surface area contributed by atoms with Crippen LogP contribution in [0.15, 0.2) is 58.4 Å². The second-order valence-electron chi connectivity index (χ2n) is 10.8. The number of halogens is 2. The van der Waals surface area contributed by atoms with Crippen molar-refractivity contribution in [1.29, 1.82) is 0 Å². The van der Waals surface area contributed by atoms with Gasteiger partial charge in [0.25, 0.3) is 5.91 Å². The van der Waals surface area contributed by atoms with Gasteiger partial charge in [-0.1, -0.05) is 24.3 Å². The van der Waals surface area contributed by atoms with E-state index in [1.807, 2.05) is 24.3 Å².